The average Bonchev–Trinajstić information content (AvgIpc) is 3.01. The second kappa shape index (κ2) is 13.4. The van der Waals surface area contributed by atoms with Gasteiger partial charge in [0.05, 0.1) is 19.8 Å². The molecule has 212 valence electrons. The van der Waals surface area contributed by atoms with E-state index in [2.05, 4.69) is 41.3 Å². The number of benzene rings is 3. The Balaban J connectivity index is 1.21. The van der Waals surface area contributed by atoms with Crippen LogP contribution in [0.4, 0.5) is 17.1 Å². The van der Waals surface area contributed by atoms with Gasteiger partial charge < -0.3 is 33.3 Å². The zero-order valence-corrected chi connectivity index (χ0v) is 23.0. The Kier molecular flexibility index (Phi) is 9.02. The highest BCUT2D eigenvalue weighted by Gasteiger charge is 2.19. The van der Waals surface area contributed by atoms with E-state index in [1.807, 2.05) is 36.4 Å². The molecule has 3 saturated heterocycles. The Morgan fingerprint density at radius 3 is 0.975 bits per heavy atom. The fourth-order valence-corrected chi connectivity index (χ4v) is 5.34. The summed E-state index contributed by atoms with van der Waals surface area (Å²) in [5.74, 6) is 2.43. The molecule has 0 N–H and O–H groups in total. The number of hydrogen-bond donors (Lipinski definition) is 0. The van der Waals surface area contributed by atoms with Crippen molar-refractivity contribution in [2.75, 3.05) is 24.7 Å². The first kappa shape index (κ1) is 26.9. The standard InChI is InChI=1S/C33H39NO6/c1-4-22-35-31(7-1)38-28-16-10-25(11-17-28)34(26-12-18-29(19-13-26)39-32-8-2-5-23-36-32)27-14-20-30(21-15-27)40-33-9-3-6-24-37-33/h10-21,31-33H,1-9,22-24H2. The third-order valence-corrected chi connectivity index (χ3v) is 7.50. The minimum absolute atomic E-state index is 0.169. The molecule has 40 heavy (non-hydrogen) atoms. The molecule has 0 saturated carbocycles. The molecule has 0 aliphatic carbocycles. The lowest BCUT2D eigenvalue weighted by Crippen LogP contribution is -2.25. The Labute approximate surface area is 236 Å². The molecule has 3 heterocycles. The first-order valence-corrected chi connectivity index (χ1v) is 14.8. The van der Waals surface area contributed by atoms with E-state index in [9.17, 15) is 0 Å². The van der Waals surface area contributed by atoms with E-state index >= 15 is 0 Å². The normalized spacial score (nSPS) is 23.2. The van der Waals surface area contributed by atoms with Gasteiger partial charge in [0, 0.05) is 36.3 Å². The van der Waals surface area contributed by atoms with Crippen molar-refractivity contribution in [3.05, 3.63) is 72.8 Å². The molecule has 3 fully saturated rings. The van der Waals surface area contributed by atoms with E-state index in [-0.39, 0.29) is 18.9 Å². The summed E-state index contributed by atoms with van der Waals surface area (Å²) < 4.78 is 35.5. The second-order valence-corrected chi connectivity index (χ2v) is 10.6. The van der Waals surface area contributed by atoms with E-state index in [4.69, 9.17) is 28.4 Å². The summed E-state index contributed by atoms with van der Waals surface area (Å²) in [4.78, 5) is 2.21. The summed E-state index contributed by atoms with van der Waals surface area (Å²) in [5, 5.41) is 0. The molecule has 0 amide bonds. The van der Waals surface area contributed by atoms with Crippen molar-refractivity contribution in [1.82, 2.24) is 0 Å². The molecule has 0 aromatic heterocycles. The van der Waals surface area contributed by atoms with Gasteiger partial charge in [-0.05, 0) is 111 Å². The van der Waals surface area contributed by atoms with Gasteiger partial charge in [-0.15, -0.1) is 0 Å². The molecule has 3 aliphatic rings. The van der Waals surface area contributed by atoms with Crippen LogP contribution in [0, 0.1) is 0 Å². The average molecular weight is 546 g/mol. The Morgan fingerprint density at radius 1 is 0.425 bits per heavy atom. The zero-order valence-electron chi connectivity index (χ0n) is 23.0. The maximum atomic E-state index is 6.08. The van der Waals surface area contributed by atoms with E-state index < -0.39 is 0 Å². The molecule has 6 rings (SSSR count). The van der Waals surface area contributed by atoms with Gasteiger partial charge in [-0.1, -0.05) is 0 Å². The number of ether oxygens (including phenoxy) is 6. The largest absolute Gasteiger partial charge is 0.465 e. The molecule has 3 atom stereocenters. The zero-order chi connectivity index (χ0) is 27.0. The van der Waals surface area contributed by atoms with Crippen LogP contribution < -0.4 is 19.1 Å². The predicted octanol–water partition coefficient (Wildman–Crippen LogP) is 7.87. The van der Waals surface area contributed by atoms with Gasteiger partial charge >= 0.3 is 0 Å². The molecule has 3 aliphatic heterocycles. The van der Waals surface area contributed by atoms with Crippen LogP contribution in [0.25, 0.3) is 0 Å². The van der Waals surface area contributed by atoms with Crippen molar-refractivity contribution < 1.29 is 28.4 Å². The van der Waals surface area contributed by atoms with Gasteiger partial charge in [0.1, 0.15) is 17.2 Å². The van der Waals surface area contributed by atoms with Crippen molar-refractivity contribution in [3.63, 3.8) is 0 Å². The Bertz CT molecular complexity index is 1010. The summed E-state index contributed by atoms with van der Waals surface area (Å²) in [5.41, 5.74) is 3.06. The highest BCUT2D eigenvalue weighted by atomic mass is 16.7. The lowest BCUT2D eigenvalue weighted by molar-refractivity contribution is -0.106. The van der Waals surface area contributed by atoms with Gasteiger partial charge in [0.15, 0.2) is 18.9 Å². The van der Waals surface area contributed by atoms with Gasteiger partial charge in [-0.3, -0.25) is 0 Å². The Morgan fingerprint density at radius 2 is 0.725 bits per heavy atom. The first-order chi connectivity index (χ1) is 19.8. The number of hydrogen-bond acceptors (Lipinski definition) is 7. The maximum absolute atomic E-state index is 6.08. The number of anilines is 3. The maximum Gasteiger partial charge on any atom is 0.199 e. The summed E-state index contributed by atoms with van der Waals surface area (Å²) in [6, 6.07) is 24.6. The molecule has 7 heteroatoms. The van der Waals surface area contributed by atoms with Gasteiger partial charge in [0.25, 0.3) is 0 Å². The summed E-state index contributed by atoms with van der Waals surface area (Å²) in [6.45, 7) is 2.28. The van der Waals surface area contributed by atoms with Crippen molar-refractivity contribution >= 4 is 17.1 Å². The van der Waals surface area contributed by atoms with E-state index in [0.717, 1.165) is 112 Å². The molecule has 3 aromatic rings. The quantitative estimate of drug-likeness (QED) is 0.271. The monoisotopic (exact) mass is 545 g/mol. The van der Waals surface area contributed by atoms with Crippen LogP contribution in [-0.2, 0) is 14.2 Å². The molecular formula is C33H39NO6. The van der Waals surface area contributed by atoms with Crippen LogP contribution in [0.2, 0.25) is 0 Å². The molecular weight excluding hydrogens is 506 g/mol. The van der Waals surface area contributed by atoms with Crippen molar-refractivity contribution in [3.8, 4) is 17.2 Å². The van der Waals surface area contributed by atoms with E-state index in [0.29, 0.717) is 0 Å². The lowest BCUT2D eigenvalue weighted by atomic mass is 10.1. The smallest absolute Gasteiger partial charge is 0.199 e. The van der Waals surface area contributed by atoms with Crippen LogP contribution in [0.1, 0.15) is 57.8 Å². The molecule has 0 spiro atoms. The van der Waals surface area contributed by atoms with E-state index in [1.165, 1.54) is 0 Å². The minimum Gasteiger partial charge on any atom is -0.465 e. The van der Waals surface area contributed by atoms with Crippen LogP contribution >= 0.6 is 0 Å². The van der Waals surface area contributed by atoms with Crippen LogP contribution in [0.3, 0.4) is 0 Å². The molecule has 3 unspecified atom stereocenters. The van der Waals surface area contributed by atoms with Crippen molar-refractivity contribution in [2.24, 2.45) is 0 Å². The van der Waals surface area contributed by atoms with Crippen LogP contribution in [0.5, 0.6) is 17.2 Å². The van der Waals surface area contributed by atoms with Crippen molar-refractivity contribution in [1.29, 1.82) is 0 Å². The SMILES string of the molecule is c1cc(N(c2ccc(OC3CCCCO3)cc2)c2ccc(OC3CCCCO3)cc2)ccc1OC1CCCCO1. The highest BCUT2D eigenvalue weighted by Crippen LogP contribution is 2.37. The van der Waals surface area contributed by atoms with Crippen LogP contribution in [0.15, 0.2) is 72.8 Å². The molecule has 7 nitrogen and oxygen atoms in total. The topological polar surface area (TPSA) is 58.6 Å². The molecule has 0 radical (unpaired) electrons. The third-order valence-electron chi connectivity index (χ3n) is 7.50. The van der Waals surface area contributed by atoms with Crippen molar-refractivity contribution in [2.45, 2.75) is 76.7 Å². The third kappa shape index (κ3) is 7.08. The number of rotatable bonds is 9. The van der Waals surface area contributed by atoms with Gasteiger partial charge in [-0.25, -0.2) is 0 Å². The Hall–Kier alpha value is -3.26. The number of nitrogens with zero attached hydrogens (tertiary/aromatic N) is 1. The van der Waals surface area contributed by atoms with Gasteiger partial charge in [-0.2, -0.15) is 0 Å². The highest BCUT2D eigenvalue weighted by molar-refractivity contribution is 5.77. The molecule has 0 bridgehead atoms. The fourth-order valence-electron chi connectivity index (χ4n) is 5.34. The summed E-state index contributed by atoms with van der Waals surface area (Å²) >= 11 is 0. The lowest BCUT2D eigenvalue weighted by Gasteiger charge is -2.28. The fraction of sp³-hybridized carbons (Fsp3) is 0.455. The molecule has 3 aromatic carbocycles. The summed E-state index contributed by atoms with van der Waals surface area (Å²) in [7, 11) is 0. The second-order valence-electron chi connectivity index (χ2n) is 10.6. The van der Waals surface area contributed by atoms with E-state index in [1.54, 1.807) is 0 Å². The predicted molar refractivity (Wildman–Crippen MR) is 154 cm³/mol. The summed E-state index contributed by atoms with van der Waals surface area (Å²) in [6.07, 6.45) is 8.97. The van der Waals surface area contributed by atoms with Gasteiger partial charge in [0.2, 0.25) is 0 Å². The first-order valence-electron chi connectivity index (χ1n) is 14.8. The minimum atomic E-state index is -0.169. The van der Waals surface area contributed by atoms with Crippen LogP contribution in [-0.4, -0.2) is 38.7 Å².